The van der Waals surface area contributed by atoms with E-state index >= 15 is 0 Å². The van der Waals surface area contributed by atoms with Gasteiger partial charge in [-0.15, -0.1) is 0 Å². The molecule has 2 amide bonds. The van der Waals surface area contributed by atoms with Gasteiger partial charge in [-0.25, -0.2) is 0 Å². The number of carbonyl (C=O) groups is 2. The average molecular weight is 356 g/mol. The van der Waals surface area contributed by atoms with E-state index in [4.69, 9.17) is 0 Å². The molecule has 1 atom stereocenters. The van der Waals surface area contributed by atoms with Crippen LogP contribution in [0.5, 0.6) is 0 Å². The van der Waals surface area contributed by atoms with Crippen LogP contribution in [0.4, 0.5) is 11.4 Å². The fourth-order valence-corrected chi connectivity index (χ4v) is 3.44. The quantitative estimate of drug-likeness (QED) is 0.708. The topological polar surface area (TPSA) is 40.6 Å². The van der Waals surface area contributed by atoms with Crippen LogP contribution in [-0.2, 0) is 9.59 Å². The second kappa shape index (κ2) is 7.08. The number of piperazine rings is 1. The van der Waals surface area contributed by atoms with Crippen molar-refractivity contribution < 1.29 is 9.59 Å². The van der Waals surface area contributed by atoms with E-state index in [1.54, 1.807) is 9.80 Å². The maximum atomic E-state index is 13.5. The number of hydrogen-bond donors (Lipinski definition) is 0. The first-order valence-electron chi connectivity index (χ1n) is 8.95. The lowest BCUT2D eigenvalue weighted by molar-refractivity contribution is -0.128. The minimum atomic E-state index is -0.684. The van der Waals surface area contributed by atoms with E-state index in [9.17, 15) is 9.59 Å². The standard InChI is InChI=1S/C23H20N2O2/c1-17-12-14-19(15-13-17)24-16-21(26)25(20-10-6-3-7-11-20)22(23(24)27)18-8-4-2-5-9-18/h2-15,22H,16H2,1H3/t22-/m1/s1. The summed E-state index contributed by atoms with van der Waals surface area (Å²) < 4.78 is 0. The van der Waals surface area contributed by atoms with Crippen molar-refractivity contribution in [2.75, 3.05) is 16.3 Å². The average Bonchev–Trinajstić information content (AvgIpc) is 2.71. The molecule has 1 heterocycles. The number of carbonyl (C=O) groups excluding carboxylic acids is 2. The first-order valence-corrected chi connectivity index (χ1v) is 8.95. The minimum absolute atomic E-state index is 0.0279. The fraction of sp³-hybridized carbons (Fsp3) is 0.130. The molecule has 27 heavy (non-hydrogen) atoms. The summed E-state index contributed by atoms with van der Waals surface area (Å²) in [7, 11) is 0. The Hall–Kier alpha value is -3.40. The van der Waals surface area contributed by atoms with E-state index in [0.717, 1.165) is 22.5 Å². The molecule has 4 heteroatoms. The van der Waals surface area contributed by atoms with Gasteiger partial charge in [-0.1, -0.05) is 66.2 Å². The van der Waals surface area contributed by atoms with Crippen LogP contribution >= 0.6 is 0 Å². The molecule has 134 valence electrons. The van der Waals surface area contributed by atoms with Crippen LogP contribution in [0.2, 0.25) is 0 Å². The van der Waals surface area contributed by atoms with Crippen LogP contribution in [0.25, 0.3) is 0 Å². The van der Waals surface area contributed by atoms with Crippen molar-refractivity contribution in [1.29, 1.82) is 0 Å². The first kappa shape index (κ1) is 17.0. The van der Waals surface area contributed by atoms with E-state index in [2.05, 4.69) is 0 Å². The SMILES string of the molecule is Cc1ccc(N2CC(=O)N(c3ccccc3)[C@H](c3ccccc3)C2=O)cc1. The molecule has 0 saturated carbocycles. The van der Waals surface area contributed by atoms with E-state index in [1.165, 1.54) is 0 Å². The van der Waals surface area contributed by atoms with Crippen molar-refractivity contribution >= 4 is 23.2 Å². The largest absolute Gasteiger partial charge is 0.301 e. The summed E-state index contributed by atoms with van der Waals surface area (Å²) in [6.45, 7) is 2.02. The minimum Gasteiger partial charge on any atom is -0.301 e. The molecule has 0 N–H and O–H groups in total. The van der Waals surface area contributed by atoms with Crippen LogP contribution < -0.4 is 9.80 Å². The predicted molar refractivity (Wildman–Crippen MR) is 107 cm³/mol. The van der Waals surface area contributed by atoms with E-state index in [-0.39, 0.29) is 18.4 Å². The highest BCUT2D eigenvalue weighted by Crippen LogP contribution is 2.34. The molecule has 1 fully saturated rings. The van der Waals surface area contributed by atoms with Gasteiger partial charge in [-0.3, -0.25) is 14.5 Å². The van der Waals surface area contributed by atoms with Gasteiger partial charge < -0.3 is 4.90 Å². The molecule has 0 aliphatic carbocycles. The molecule has 3 aromatic rings. The lowest BCUT2D eigenvalue weighted by Gasteiger charge is -2.40. The third-order valence-corrected chi connectivity index (χ3v) is 4.82. The molecule has 3 aromatic carbocycles. The van der Waals surface area contributed by atoms with Gasteiger partial charge in [-0.05, 0) is 36.8 Å². The Morgan fingerprint density at radius 2 is 1.33 bits per heavy atom. The lowest BCUT2D eigenvalue weighted by atomic mass is 9.99. The summed E-state index contributed by atoms with van der Waals surface area (Å²) in [4.78, 5) is 29.8. The van der Waals surface area contributed by atoms with Gasteiger partial charge in [-0.2, -0.15) is 0 Å². The summed E-state index contributed by atoms with van der Waals surface area (Å²) in [6.07, 6.45) is 0. The fourth-order valence-electron chi connectivity index (χ4n) is 3.44. The summed E-state index contributed by atoms with van der Waals surface area (Å²) in [5.41, 5.74) is 3.39. The second-order valence-electron chi connectivity index (χ2n) is 6.67. The Morgan fingerprint density at radius 3 is 1.96 bits per heavy atom. The third kappa shape index (κ3) is 3.22. The maximum Gasteiger partial charge on any atom is 0.255 e. The number of aryl methyl sites for hydroxylation is 1. The zero-order valence-corrected chi connectivity index (χ0v) is 15.1. The zero-order valence-electron chi connectivity index (χ0n) is 15.1. The Morgan fingerprint density at radius 1 is 0.741 bits per heavy atom. The zero-order chi connectivity index (χ0) is 18.8. The lowest BCUT2D eigenvalue weighted by Crippen LogP contribution is -2.56. The van der Waals surface area contributed by atoms with E-state index in [1.807, 2.05) is 91.9 Å². The highest BCUT2D eigenvalue weighted by atomic mass is 16.2. The van der Waals surface area contributed by atoms with Crippen molar-refractivity contribution in [3.63, 3.8) is 0 Å². The van der Waals surface area contributed by atoms with Gasteiger partial charge in [0.15, 0.2) is 0 Å². The maximum absolute atomic E-state index is 13.5. The third-order valence-electron chi connectivity index (χ3n) is 4.82. The monoisotopic (exact) mass is 356 g/mol. The van der Waals surface area contributed by atoms with Crippen molar-refractivity contribution in [2.45, 2.75) is 13.0 Å². The first-order chi connectivity index (χ1) is 13.1. The van der Waals surface area contributed by atoms with Gasteiger partial charge >= 0.3 is 0 Å². The smallest absolute Gasteiger partial charge is 0.255 e. The molecule has 1 aliphatic rings. The molecule has 0 bridgehead atoms. The van der Waals surface area contributed by atoms with Crippen molar-refractivity contribution in [2.24, 2.45) is 0 Å². The van der Waals surface area contributed by atoms with Crippen LogP contribution in [0.15, 0.2) is 84.9 Å². The second-order valence-corrected chi connectivity index (χ2v) is 6.67. The summed E-state index contributed by atoms with van der Waals surface area (Å²) in [5, 5.41) is 0. The summed E-state index contributed by atoms with van der Waals surface area (Å²) in [5.74, 6) is -0.205. The van der Waals surface area contributed by atoms with Crippen LogP contribution in [-0.4, -0.2) is 18.4 Å². The molecule has 4 rings (SSSR count). The number of hydrogen-bond acceptors (Lipinski definition) is 2. The Bertz CT molecular complexity index is 953. The highest BCUT2D eigenvalue weighted by molar-refractivity contribution is 6.14. The Labute approximate surface area is 158 Å². The molecular formula is C23H20N2O2. The molecule has 4 nitrogen and oxygen atoms in total. The number of rotatable bonds is 3. The molecule has 0 aromatic heterocycles. The number of nitrogens with zero attached hydrogens (tertiary/aromatic N) is 2. The number of amides is 2. The van der Waals surface area contributed by atoms with Crippen LogP contribution in [0.1, 0.15) is 17.2 Å². The van der Waals surface area contributed by atoms with Gasteiger partial charge in [0.1, 0.15) is 12.6 Å². The molecule has 1 aliphatic heterocycles. The van der Waals surface area contributed by atoms with Gasteiger partial charge in [0.2, 0.25) is 5.91 Å². The highest BCUT2D eigenvalue weighted by Gasteiger charge is 2.41. The van der Waals surface area contributed by atoms with Crippen molar-refractivity contribution in [1.82, 2.24) is 0 Å². The van der Waals surface area contributed by atoms with Crippen molar-refractivity contribution in [3.05, 3.63) is 96.1 Å². The molecule has 0 unspecified atom stereocenters. The molecule has 0 spiro atoms. The number of para-hydroxylation sites is 1. The van der Waals surface area contributed by atoms with Crippen LogP contribution in [0, 0.1) is 6.92 Å². The van der Waals surface area contributed by atoms with E-state index in [0.29, 0.717) is 0 Å². The van der Waals surface area contributed by atoms with Gasteiger partial charge in [0.05, 0.1) is 0 Å². The van der Waals surface area contributed by atoms with Crippen LogP contribution in [0.3, 0.4) is 0 Å². The molecule has 1 saturated heterocycles. The van der Waals surface area contributed by atoms with Gasteiger partial charge in [0, 0.05) is 11.4 Å². The Balaban J connectivity index is 1.80. The number of anilines is 2. The van der Waals surface area contributed by atoms with Gasteiger partial charge in [0.25, 0.3) is 5.91 Å². The summed E-state index contributed by atoms with van der Waals surface area (Å²) in [6, 6.07) is 25.9. The van der Waals surface area contributed by atoms with E-state index < -0.39 is 6.04 Å². The normalized spacial score (nSPS) is 17.3. The van der Waals surface area contributed by atoms with Crippen molar-refractivity contribution in [3.8, 4) is 0 Å². The molecule has 0 radical (unpaired) electrons. The summed E-state index contributed by atoms with van der Waals surface area (Å²) >= 11 is 0. The number of benzene rings is 3. The predicted octanol–water partition coefficient (Wildman–Crippen LogP) is 4.12. The Kier molecular flexibility index (Phi) is 4.47. The molecular weight excluding hydrogens is 336 g/mol.